The average molecular weight is 300 g/mol. The van der Waals surface area contributed by atoms with Crippen molar-refractivity contribution in [2.45, 2.75) is 31.2 Å². The van der Waals surface area contributed by atoms with Crippen LogP contribution in [0.2, 0.25) is 0 Å². The van der Waals surface area contributed by atoms with Crippen LogP contribution < -0.4 is 10.5 Å². The lowest BCUT2D eigenvalue weighted by Crippen LogP contribution is -2.29. The predicted molar refractivity (Wildman–Crippen MR) is 76.0 cm³/mol. The highest BCUT2D eigenvalue weighted by molar-refractivity contribution is 7.89. The van der Waals surface area contributed by atoms with E-state index in [-0.39, 0.29) is 23.0 Å². The minimum Gasteiger partial charge on any atom is -0.465 e. The minimum absolute atomic E-state index is 0.0741. The molecule has 1 rings (SSSR count). The second-order valence-electron chi connectivity index (χ2n) is 4.64. The van der Waals surface area contributed by atoms with Crippen LogP contribution in [0.1, 0.15) is 29.3 Å². The zero-order chi connectivity index (χ0) is 15.3. The fourth-order valence-electron chi connectivity index (χ4n) is 1.63. The lowest BCUT2D eigenvalue weighted by molar-refractivity contribution is 0.0600. The van der Waals surface area contributed by atoms with Gasteiger partial charge >= 0.3 is 5.97 Å². The molecule has 0 aliphatic heterocycles. The highest BCUT2D eigenvalue weighted by Crippen LogP contribution is 2.17. The van der Waals surface area contributed by atoms with Gasteiger partial charge in [-0.05, 0) is 38.0 Å². The number of methoxy groups -OCH3 is 1. The van der Waals surface area contributed by atoms with E-state index in [1.807, 2.05) is 0 Å². The first-order chi connectivity index (χ1) is 9.27. The van der Waals surface area contributed by atoms with Crippen LogP contribution >= 0.6 is 0 Å². The summed E-state index contributed by atoms with van der Waals surface area (Å²) in [6, 6.07) is 4.34. The molecule has 0 aliphatic carbocycles. The third-order valence-electron chi connectivity index (χ3n) is 2.79. The van der Waals surface area contributed by atoms with Crippen molar-refractivity contribution in [3.8, 4) is 0 Å². The van der Waals surface area contributed by atoms with Gasteiger partial charge in [-0.15, -0.1) is 0 Å². The number of nitrogens with one attached hydrogen (secondary N) is 1. The molecule has 0 spiro atoms. The standard InChI is InChI=1S/C13H20N2O4S/c1-9-4-5-11(13(16)19-3)8-12(9)20(17,18)15-7-6-10(2)14/h4-5,8,10,15H,6-7,14H2,1-3H3. The molecule has 1 unspecified atom stereocenters. The molecular weight excluding hydrogens is 280 g/mol. The number of ether oxygens (including phenoxy) is 1. The number of benzene rings is 1. The van der Waals surface area contributed by atoms with E-state index in [2.05, 4.69) is 9.46 Å². The normalized spacial score (nSPS) is 13.0. The third-order valence-corrected chi connectivity index (χ3v) is 4.39. The van der Waals surface area contributed by atoms with Crippen LogP contribution in [0.15, 0.2) is 23.1 Å². The van der Waals surface area contributed by atoms with E-state index in [0.717, 1.165) is 0 Å². The summed E-state index contributed by atoms with van der Waals surface area (Å²) in [7, 11) is -2.42. The molecule has 0 saturated heterocycles. The molecule has 0 fully saturated rings. The Balaban J connectivity index is 3.01. The molecule has 7 heteroatoms. The fourth-order valence-corrected chi connectivity index (χ4v) is 2.95. The van der Waals surface area contributed by atoms with Crippen molar-refractivity contribution in [1.82, 2.24) is 4.72 Å². The van der Waals surface area contributed by atoms with Gasteiger partial charge in [0.1, 0.15) is 0 Å². The molecule has 0 bridgehead atoms. The van der Waals surface area contributed by atoms with Crippen LogP contribution in [-0.2, 0) is 14.8 Å². The van der Waals surface area contributed by atoms with E-state index >= 15 is 0 Å². The molecule has 1 aromatic rings. The molecule has 1 atom stereocenters. The van der Waals surface area contributed by atoms with Gasteiger partial charge in [0, 0.05) is 12.6 Å². The Bertz CT molecular complexity index is 582. The van der Waals surface area contributed by atoms with Gasteiger partial charge in [-0.2, -0.15) is 0 Å². The molecule has 6 nitrogen and oxygen atoms in total. The fraction of sp³-hybridized carbons (Fsp3) is 0.462. The lowest BCUT2D eigenvalue weighted by Gasteiger charge is -2.11. The van der Waals surface area contributed by atoms with Crippen molar-refractivity contribution in [2.24, 2.45) is 5.73 Å². The maximum Gasteiger partial charge on any atom is 0.337 e. The topological polar surface area (TPSA) is 98.5 Å². The number of carbonyl (C=O) groups is 1. The van der Waals surface area contributed by atoms with Gasteiger partial charge in [-0.1, -0.05) is 6.07 Å². The van der Waals surface area contributed by atoms with Gasteiger partial charge in [-0.3, -0.25) is 0 Å². The van der Waals surface area contributed by atoms with E-state index in [9.17, 15) is 13.2 Å². The summed E-state index contributed by atoms with van der Waals surface area (Å²) in [4.78, 5) is 11.5. The number of carbonyl (C=O) groups excluding carboxylic acids is 1. The van der Waals surface area contributed by atoms with Gasteiger partial charge in [0.25, 0.3) is 0 Å². The molecule has 3 N–H and O–H groups in total. The monoisotopic (exact) mass is 300 g/mol. The molecule has 20 heavy (non-hydrogen) atoms. The second-order valence-corrected chi connectivity index (χ2v) is 6.37. The van der Waals surface area contributed by atoms with Crippen molar-refractivity contribution in [3.63, 3.8) is 0 Å². The van der Waals surface area contributed by atoms with Crippen LogP contribution in [0.25, 0.3) is 0 Å². The summed E-state index contributed by atoms with van der Waals surface area (Å²) < 4.78 is 31.4. The quantitative estimate of drug-likeness (QED) is 0.757. The molecule has 0 heterocycles. The highest BCUT2D eigenvalue weighted by atomic mass is 32.2. The Morgan fingerprint density at radius 2 is 2.10 bits per heavy atom. The van der Waals surface area contributed by atoms with Crippen molar-refractivity contribution >= 4 is 16.0 Å². The summed E-state index contributed by atoms with van der Waals surface area (Å²) in [6.45, 7) is 3.72. The third kappa shape index (κ3) is 4.29. The van der Waals surface area contributed by atoms with Crippen molar-refractivity contribution in [1.29, 1.82) is 0 Å². The van der Waals surface area contributed by atoms with E-state index in [1.54, 1.807) is 19.9 Å². The van der Waals surface area contributed by atoms with E-state index in [1.165, 1.54) is 19.2 Å². The zero-order valence-corrected chi connectivity index (χ0v) is 12.7. The highest BCUT2D eigenvalue weighted by Gasteiger charge is 2.19. The van der Waals surface area contributed by atoms with Gasteiger partial charge in [0.2, 0.25) is 10.0 Å². The Morgan fingerprint density at radius 1 is 1.45 bits per heavy atom. The van der Waals surface area contributed by atoms with Gasteiger partial charge < -0.3 is 10.5 Å². The average Bonchev–Trinajstić information content (AvgIpc) is 2.37. The SMILES string of the molecule is COC(=O)c1ccc(C)c(S(=O)(=O)NCCC(C)N)c1. The van der Waals surface area contributed by atoms with E-state index < -0.39 is 16.0 Å². The van der Waals surface area contributed by atoms with Crippen LogP contribution in [0.5, 0.6) is 0 Å². The van der Waals surface area contributed by atoms with E-state index in [4.69, 9.17) is 5.73 Å². The number of sulfonamides is 1. The lowest BCUT2D eigenvalue weighted by atomic mass is 10.1. The van der Waals surface area contributed by atoms with Crippen LogP contribution in [0.3, 0.4) is 0 Å². The summed E-state index contributed by atoms with van der Waals surface area (Å²) >= 11 is 0. The minimum atomic E-state index is -3.66. The molecule has 0 amide bonds. The second kappa shape index (κ2) is 6.83. The molecule has 112 valence electrons. The number of rotatable bonds is 6. The van der Waals surface area contributed by atoms with Gasteiger partial charge in [0.15, 0.2) is 0 Å². The van der Waals surface area contributed by atoms with Crippen LogP contribution in [-0.4, -0.2) is 34.1 Å². The van der Waals surface area contributed by atoms with Crippen molar-refractivity contribution in [3.05, 3.63) is 29.3 Å². The first-order valence-corrected chi connectivity index (χ1v) is 7.70. The van der Waals surface area contributed by atoms with Gasteiger partial charge in [-0.25, -0.2) is 17.9 Å². The van der Waals surface area contributed by atoms with Crippen LogP contribution in [0, 0.1) is 6.92 Å². The predicted octanol–water partition coefficient (Wildman–Crippen LogP) is 0.797. The maximum atomic E-state index is 12.2. The molecule has 0 saturated carbocycles. The summed E-state index contributed by atoms with van der Waals surface area (Å²) in [5.74, 6) is -0.572. The number of nitrogens with two attached hydrogens (primary N) is 1. The van der Waals surface area contributed by atoms with Crippen molar-refractivity contribution in [2.75, 3.05) is 13.7 Å². The Hall–Kier alpha value is -1.44. The number of hydrogen-bond acceptors (Lipinski definition) is 5. The van der Waals surface area contributed by atoms with Crippen LogP contribution in [0.4, 0.5) is 0 Å². The largest absolute Gasteiger partial charge is 0.465 e. The van der Waals surface area contributed by atoms with Gasteiger partial charge in [0.05, 0.1) is 17.6 Å². The van der Waals surface area contributed by atoms with Crippen molar-refractivity contribution < 1.29 is 17.9 Å². The molecular formula is C13H20N2O4S. The maximum absolute atomic E-state index is 12.2. The smallest absolute Gasteiger partial charge is 0.337 e. The molecule has 1 aromatic carbocycles. The molecule has 0 aliphatic rings. The number of aryl methyl sites for hydroxylation is 1. The Kier molecular flexibility index (Phi) is 5.67. The number of hydrogen-bond donors (Lipinski definition) is 2. The Morgan fingerprint density at radius 3 is 2.65 bits per heavy atom. The number of esters is 1. The molecule has 0 radical (unpaired) electrons. The molecule has 0 aromatic heterocycles. The van der Waals surface area contributed by atoms with E-state index in [0.29, 0.717) is 12.0 Å². The Labute approximate surface area is 119 Å². The summed E-state index contributed by atoms with van der Waals surface area (Å²) in [5.41, 5.74) is 6.34. The summed E-state index contributed by atoms with van der Waals surface area (Å²) in [6.07, 6.45) is 0.537. The zero-order valence-electron chi connectivity index (χ0n) is 11.8. The first-order valence-electron chi connectivity index (χ1n) is 6.22. The summed E-state index contributed by atoms with van der Waals surface area (Å²) in [5, 5.41) is 0. The first kappa shape index (κ1) is 16.6.